The van der Waals surface area contributed by atoms with Crippen LogP contribution in [0.4, 0.5) is 5.69 Å². The highest BCUT2D eigenvalue weighted by atomic mass is 79.9. The number of hydrogen-bond donors (Lipinski definition) is 1. The maximum Gasteiger partial charge on any atom is 0.331 e. The predicted octanol–water partition coefficient (Wildman–Crippen LogP) is 4.76. The SMILES string of the molecule is Cc1ccc(-n2nc(C)c(NC(=O)COC(=O)/C=C/c3cccc(Br)c3)c2C)cc1. The van der Waals surface area contributed by atoms with Crippen LogP contribution >= 0.6 is 15.9 Å². The third kappa shape index (κ3) is 5.45. The molecule has 6 nitrogen and oxygen atoms in total. The van der Waals surface area contributed by atoms with Gasteiger partial charge in [0.1, 0.15) is 0 Å². The van der Waals surface area contributed by atoms with E-state index in [9.17, 15) is 9.59 Å². The molecule has 154 valence electrons. The van der Waals surface area contributed by atoms with Crippen molar-refractivity contribution in [3.63, 3.8) is 0 Å². The molecular formula is C23H22BrN3O3. The molecule has 0 bridgehead atoms. The quantitative estimate of drug-likeness (QED) is 0.419. The number of benzene rings is 2. The molecule has 3 aromatic rings. The molecule has 0 spiro atoms. The fraction of sp³-hybridized carbons (Fsp3) is 0.174. The van der Waals surface area contributed by atoms with Crippen LogP contribution in [0.25, 0.3) is 11.8 Å². The number of halogens is 1. The second kappa shape index (κ2) is 9.54. The predicted molar refractivity (Wildman–Crippen MR) is 121 cm³/mol. The highest BCUT2D eigenvalue weighted by Gasteiger charge is 2.16. The number of rotatable bonds is 6. The Morgan fingerprint density at radius 2 is 1.87 bits per heavy atom. The standard InChI is InChI=1S/C23H22BrN3O3/c1-15-7-10-20(11-8-15)27-17(3)23(16(2)26-27)25-21(28)14-30-22(29)12-9-18-5-4-6-19(24)13-18/h4-13H,14H2,1-3H3,(H,25,28)/b12-9+. The monoisotopic (exact) mass is 467 g/mol. The first kappa shape index (κ1) is 21.5. The van der Waals surface area contributed by atoms with Gasteiger partial charge in [0, 0.05) is 10.5 Å². The molecule has 0 aliphatic carbocycles. The van der Waals surface area contributed by atoms with Crippen molar-refractivity contribution in [2.45, 2.75) is 20.8 Å². The van der Waals surface area contributed by atoms with E-state index >= 15 is 0 Å². The van der Waals surface area contributed by atoms with Crippen LogP contribution in [0, 0.1) is 20.8 Å². The van der Waals surface area contributed by atoms with Crippen molar-refractivity contribution < 1.29 is 14.3 Å². The molecule has 0 saturated carbocycles. The summed E-state index contributed by atoms with van der Waals surface area (Å²) >= 11 is 3.37. The first-order valence-corrected chi connectivity index (χ1v) is 10.2. The molecule has 30 heavy (non-hydrogen) atoms. The molecule has 0 fully saturated rings. The summed E-state index contributed by atoms with van der Waals surface area (Å²) in [7, 11) is 0. The number of carbonyl (C=O) groups excluding carboxylic acids is 2. The van der Waals surface area contributed by atoms with Gasteiger partial charge in [0.25, 0.3) is 5.91 Å². The molecule has 0 radical (unpaired) electrons. The van der Waals surface area contributed by atoms with Gasteiger partial charge in [-0.3, -0.25) is 4.79 Å². The fourth-order valence-electron chi connectivity index (χ4n) is 2.90. The van der Waals surface area contributed by atoms with Crippen molar-refractivity contribution in [2.75, 3.05) is 11.9 Å². The van der Waals surface area contributed by atoms with E-state index < -0.39 is 11.9 Å². The Morgan fingerprint density at radius 1 is 1.13 bits per heavy atom. The second-order valence-corrected chi connectivity index (χ2v) is 7.75. The van der Waals surface area contributed by atoms with Crippen LogP contribution in [0.15, 0.2) is 59.1 Å². The topological polar surface area (TPSA) is 73.2 Å². The number of hydrogen-bond acceptors (Lipinski definition) is 4. The van der Waals surface area contributed by atoms with Gasteiger partial charge < -0.3 is 10.1 Å². The van der Waals surface area contributed by atoms with E-state index in [0.29, 0.717) is 11.4 Å². The lowest BCUT2D eigenvalue weighted by Crippen LogP contribution is -2.20. The fourth-order valence-corrected chi connectivity index (χ4v) is 3.31. The summed E-state index contributed by atoms with van der Waals surface area (Å²) in [6.45, 7) is 5.34. The lowest BCUT2D eigenvalue weighted by atomic mass is 10.2. The summed E-state index contributed by atoms with van der Waals surface area (Å²) in [5, 5.41) is 7.29. The van der Waals surface area contributed by atoms with Crippen LogP contribution in [0.5, 0.6) is 0 Å². The first-order chi connectivity index (χ1) is 14.3. The van der Waals surface area contributed by atoms with Gasteiger partial charge in [0.05, 0.1) is 22.8 Å². The number of anilines is 1. The molecule has 0 saturated heterocycles. The van der Waals surface area contributed by atoms with Crippen molar-refractivity contribution in [1.82, 2.24) is 9.78 Å². The van der Waals surface area contributed by atoms with Crippen molar-refractivity contribution in [3.05, 3.63) is 81.6 Å². The van der Waals surface area contributed by atoms with E-state index in [1.807, 2.05) is 69.3 Å². The maximum atomic E-state index is 12.3. The van der Waals surface area contributed by atoms with Crippen molar-refractivity contribution in [1.29, 1.82) is 0 Å². The number of amides is 1. The third-order valence-corrected chi connectivity index (χ3v) is 4.93. The van der Waals surface area contributed by atoms with Crippen LogP contribution in [-0.4, -0.2) is 28.3 Å². The average molecular weight is 468 g/mol. The molecule has 1 N–H and O–H groups in total. The van der Waals surface area contributed by atoms with Gasteiger partial charge in [-0.1, -0.05) is 45.8 Å². The summed E-state index contributed by atoms with van der Waals surface area (Å²) < 4.78 is 7.72. The Kier molecular flexibility index (Phi) is 6.84. The number of nitrogens with zero attached hydrogens (tertiary/aromatic N) is 2. The normalized spacial score (nSPS) is 10.9. The second-order valence-electron chi connectivity index (χ2n) is 6.84. The number of ether oxygens (including phenoxy) is 1. The van der Waals surface area contributed by atoms with Crippen LogP contribution in [0.1, 0.15) is 22.5 Å². The minimum Gasteiger partial charge on any atom is -0.452 e. The molecule has 0 atom stereocenters. The van der Waals surface area contributed by atoms with Gasteiger partial charge in [-0.2, -0.15) is 5.10 Å². The molecule has 3 rings (SSSR count). The van der Waals surface area contributed by atoms with Crippen LogP contribution in [-0.2, 0) is 14.3 Å². The van der Waals surface area contributed by atoms with Gasteiger partial charge in [0.2, 0.25) is 0 Å². The van der Waals surface area contributed by atoms with Crippen molar-refractivity contribution in [2.24, 2.45) is 0 Å². The Labute approximate surface area is 183 Å². The number of esters is 1. The van der Waals surface area contributed by atoms with E-state index in [-0.39, 0.29) is 6.61 Å². The van der Waals surface area contributed by atoms with Gasteiger partial charge in [-0.25, -0.2) is 9.48 Å². The van der Waals surface area contributed by atoms with Gasteiger partial charge in [-0.15, -0.1) is 0 Å². The highest BCUT2D eigenvalue weighted by molar-refractivity contribution is 9.10. The molecule has 0 aliphatic rings. The molecule has 0 unspecified atom stereocenters. The molecule has 2 aromatic carbocycles. The minimum atomic E-state index is -0.589. The molecular weight excluding hydrogens is 446 g/mol. The Hall–Kier alpha value is -3.19. The van der Waals surface area contributed by atoms with E-state index in [2.05, 4.69) is 26.3 Å². The van der Waals surface area contributed by atoms with E-state index in [1.165, 1.54) is 6.08 Å². The summed E-state index contributed by atoms with van der Waals surface area (Å²) in [6.07, 6.45) is 2.92. The Bertz CT molecular complexity index is 1100. The zero-order valence-electron chi connectivity index (χ0n) is 17.0. The summed E-state index contributed by atoms with van der Waals surface area (Å²) in [6, 6.07) is 15.4. The lowest BCUT2D eigenvalue weighted by molar-refractivity contribution is -0.142. The van der Waals surface area contributed by atoms with E-state index in [1.54, 1.807) is 10.8 Å². The number of aromatic nitrogens is 2. The summed E-state index contributed by atoms with van der Waals surface area (Å²) in [5.41, 5.74) is 5.00. The van der Waals surface area contributed by atoms with E-state index in [0.717, 1.165) is 27.0 Å². The molecule has 0 aliphatic heterocycles. The molecule has 1 amide bonds. The molecule has 1 aromatic heterocycles. The third-order valence-electron chi connectivity index (χ3n) is 4.44. The molecule has 1 heterocycles. The molecule has 7 heteroatoms. The van der Waals surface area contributed by atoms with Crippen LogP contribution in [0.3, 0.4) is 0 Å². The Morgan fingerprint density at radius 3 is 2.57 bits per heavy atom. The summed E-state index contributed by atoms with van der Waals surface area (Å²) in [4.78, 5) is 24.2. The van der Waals surface area contributed by atoms with Crippen molar-refractivity contribution >= 4 is 39.6 Å². The van der Waals surface area contributed by atoms with Gasteiger partial charge >= 0.3 is 5.97 Å². The van der Waals surface area contributed by atoms with Crippen LogP contribution in [0.2, 0.25) is 0 Å². The van der Waals surface area contributed by atoms with Gasteiger partial charge in [0.15, 0.2) is 6.61 Å². The van der Waals surface area contributed by atoms with E-state index in [4.69, 9.17) is 4.74 Å². The zero-order valence-corrected chi connectivity index (χ0v) is 18.6. The lowest BCUT2D eigenvalue weighted by Gasteiger charge is -2.07. The summed E-state index contributed by atoms with van der Waals surface area (Å²) in [5.74, 6) is -1.01. The van der Waals surface area contributed by atoms with Crippen LogP contribution < -0.4 is 5.32 Å². The maximum absolute atomic E-state index is 12.3. The Balaban J connectivity index is 1.59. The highest BCUT2D eigenvalue weighted by Crippen LogP contribution is 2.23. The van der Waals surface area contributed by atoms with Crippen molar-refractivity contribution in [3.8, 4) is 5.69 Å². The first-order valence-electron chi connectivity index (χ1n) is 9.37. The number of aryl methyl sites for hydroxylation is 2. The number of carbonyl (C=O) groups is 2. The minimum absolute atomic E-state index is 0.379. The van der Waals surface area contributed by atoms with Gasteiger partial charge in [-0.05, 0) is 56.7 Å². The average Bonchev–Trinajstić information content (AvgIpc) is 2.99. The number of nitrogens with one attached hydrogen (secondary N) is 1. The smallest absolute Gasteiger partial charge is 0.331 e. The largest absolute Gasteiger partial charge is 0.452 e. The zero-order chi connectivity index (χ0) is 21.7.